The monoisotopic (exact) mass is 348 g/mol. The molecular formula is C20H17FN4O. The van der Waals surface area contributed by atoms with Crippen LogP contribution in [0.4, 0.5) is 10.1 Å². The van der Waals surface area contributed by atoms with Crippen molar-refractivity contribution < 1.29 is 9.18 Å². The van der Waals surface area contributed by atoms with Crippen LogP contribution in [0.15, 0.2) is 48.5 Å². The largest absolute Gasteiger partial charge is 0.338 e. The Morgan fingerprint density at radius 2 is 2.00 bits per heavy atom. The van der Waals surface area contributed by atoms with E-state index in [9.17, 15) is 14.4 Å². The molecule has 0 saturated carbocycles. The average molecular weight is 348 g/mol. The van der Waals surface area contributed by atoms with Crippen molar-refractivity contribution in [2.75, 3.05) is 24.5 Å². The topological polar surface area (TPSA) is 71.1 Å². The molecule has 0 bridgehead atoms. The molecule has 5 nitrogen and oxygen atoms in total. The molecule has 0 N–H and O–H groups in total. The molecule has 0 spiro atoms. The van der Waals surface area contributed by atoms with Crippen molar-refractivity contribution in [1.29, 1.82) is 10.5 Å². The first-order chi connectivity index (χ1) is 12.6. The van der Waals surface area contributed by atoms with E-state index in [2.05, 4.69) is 6.19 Å². The zero-order valence-corrected chi connectivity index (χ0v) is 14.1. The fraction of sp³-hybridized carbons (Fsp3) is 0.250. The lowest BCUT2D eigenvalue weighted by molar-refractivity contribution is 0.0787. The molecule has 1 aliphatic heterocycles. The van der Waals surface area contributed by atoms with Crippen LogP contribution in [0.2, 0.25) is 0 Å². The minimum Gasteiger partial charge on any atom is -0.338 e. The normalized spacial score (nSPS) is 16.0. The highest BCUT2D eigenvalue weighted by molar-refractivity contribution is 5.94. The minimum absolute atomic E-state index is 0.00911. The van der Waals surface area contributed by atoms with E-state index in [0.717, 1.165) is 6.42 Å². The van der Waals surface area contributed by atoms with E-state index in [4.69, 9.17) is 5.26 Å². The fourth-order valence-electron chi connectivity index (χ4n) is 3.16. The summed E-state index contributed by atoms with van der Waals surface area (Å²) >= 11 is 0. The molecule has 1 saturated heterocycles. The number of hydrogen-bond acceptors (Lipinski definition) is 4. The smallest absolute Gasteiger partial charge is 0.253 e. The van der Waals surface area contributed by atoms with Gasteiger partial charge in [0.2, 0.25) is 0 Å². The number of rotatable bonds is 4. The van der Waals surface area contributed by atoms with Crippen LogP contribution in [-0.2, 0) is 0 Å². The van der Waals surface area contributed by atoms with Gasteiger partial charge in [-0.1, -0.05) is 18.2 Å². The van der Waals surface area contributed by atoms with E-state index in [1.54, 1.807) is 23.1 Å². The van der Waals surface area contributed by atoms with Gasteiger partial charge in [0.1, 0.15) is 11.9 Å². The predicted molar refractivity (Wildman–Crippen MR) is 94.5 cm³/mol. The van der Waals surface area contributed by atoms with E-state index in [-0.39, 0.29) is 17.4 Å². The maximum absolute atomic E-state index is 13.5. The molecule has 1 amide bonds. The SMILES string of the molecule is N#Cc1cc(N(C#N)C[C@@H]2CCN(C(=O)c3ccccc3)C2)ccc1F. The van der Waals surface area contributed by atoms with Crippen molar-refractivity contribution in [3.8, 4) is 12.3 Å². The Hall–Kier alpha value is -3.38. The van der Waals surface area contributed by atoms with Crippen molar-refractivity contribution in [3.05, 3.63) is 65.5 Å². The molecular weight excluding hydrogens is 331 g/mol. The van der Waals surface area contributed by atoms with Crippen molar-refractivity contribution in [2.24, 2.45) is 5.92 Å². The summed E-state index contributed by atoms with van der Waals surface area (Å²) in [5, 5.41) is 18.4. The molecule has 26 heavy (non-hydrogen) atoms. The van der Waals surface area contributed by atoms with Crippen molar-refractivity contribution in [3.63, 3.8) is 0 Å². The van der Waals surface area contributed by atoms with Crippen LogP contribution in [0.3, 0.4) is 0 Å². The second kappa shape index (κ2) is 7.67. The molecule has 1 heterocycles. The third-order valence-corrected chi connectivity index (χ3v) is 4.54. The summed E-state index contributed by atoms with van der Waals surface area (Å²) in [7, 11) is 0. The second-order valence-electron chi connectivity index (χ2n) is 6.26. The summed E-state index contributed by atoms with van der Waals surface area (Å²) in [5.74, 6) is -0.474. The maximum Gasteiger partial charge on any atom is 0.253 e. The van der Waals surface area contributed by atoms with Gasteiger partial charge in [-0.15, -0.1) is 0 Å². The number of halogens is 1. The maximum atomic E-state index is 13.5. The molecule has 1 atom stereocenters. The third-order valence-electron chi connectivity index (χ3n) is 4.54. The lowest BCUT2D eigenvalue weighted by Gasteiger charge is -2.21. The van der Waals surface area contributed by atoms with Gasteiger partial charge >= 0.3 is 0 Å². The lowest BCUT2D eigenvalue weighted by Crippen LogP contribution is -2.31. The van der Waals surface area contributed by atoms with Gasteiger partial charge in [-0.2, -0.15) is 10.5 Å². The van der Waals surface area contributed by atoms with Crippen LogP contribution in [-0.4, -0.2) is 30.4 Å². The van der Waals surface area contributed by atoms with Gasteiger partial charge in [-0.25, -0.2) is 4.39 Å². The van der Waals surface area contributed by atoms with Crippen LogP contribution >= 0.6 is 0 Å². The summed E-state index contributed by atoms with van der Waals surface area (Å²) in [5.41, 5.74) is 1.05. The number of nitriles is 2. The third kappa shape index (κ3) is 3.65. The van der Waals surface area contributed by atoms with Crippen LogP contribution in [0, 0.1) is 34.5 Å². The summed E-state index contributed by atoms with van der Waals surface area (Å²) in [6.45, 7) is 1.63. The predicted octanol–water partition coefficient (Wildman–Crippen LogP) is 3.15. The van der Waals surface area contributed by atoms with Gasteiger partial charge in [-0.05, 0) is 42.7 Å². The number of nitrogens with zero attached hydrogens (tertiary/aromatic N) is 4. The first-order valence-corrected chi connectivity index (χ1v) is 8.33. The molecule has 1 fully saturated rings. The Bertz CT molecular complexity index is 885. The Balaban J connectivity index is 1.67. The first-order valence-electron chi connectivity index (χ1n) is 8.33. The van der Waals surface area contributed by atoms with E-state index in [1.165, 1.54) is 23.1 Å². The van der Waals surface area contributed by atoms with Crippen LogP contribution in [0.5, 0.6) is 0 Å². The Labute approximate surface area is 151 Å². The highest BCUT2D eigenvalue weighted by atomic mass is 19.1. The van der Waals surface area contributed by atoms with Crippen molar-refractivity contribution in [2.45, 2.75) is 6.42 Å². The Morgan fingerprint density at radius 1 is 1.23 bits per heavy atom. The average Bonchev–Trinajstić information content (AvgIpc) is 3.15. The molecule has 6 heteroatoms. The second-order valence-corrected chi connectivity index (χ2v) is 6.26. The molecule has 2 aromatic carbocycles. The summed E-state index contributed by atoms with van der Waals surface area (Å²) in [6, 6.07) is 15.0. The van der Waals surface area contributed by atoms with Gasteiger partial charge in [0.25, 0.3) is 5.91 Å². The molecule has 3 rings (SSSR count). The number of carbonyl (C=O) groups is 1. The number of likely N-dealkylation sites (tertiary alicyclic amines) is 1. The van der Waals surface area contributed by atoms with Gasteiger partial charge in [0.15, 0.2) is 6.19 Å². The van der Waals surface area contributed by atoms with E-state index >= 15 is 0 Å². The highest BCUT2D eigenvalue weighted by Crippen LogP contribution is 2.24. The van der Waals surface area contributed by atoms with Crippen LogP contribution in [0.25, 0.3) is 0 Å². The van der Waals surface area contributed by atoms with E-state index < -0.39 is 5.82 Å². The van der Waals surface area contributed by atoms with Gasteiger partial charge < -0.3 is 4.90 Å². The Kier molecular flexibility index (Phi) is 5.15. The summed E-state index contributed by atoms with van der Waals surface area (Å²) < 4.78 is 13.5. The minimum atomic E-state index is -0.602. The molecule has 0 radical (unpaired) electrons. The van der Waals surface area contributed by atoms with Crippen LogP contribution in [0.1, 0.15) is 22.3 Å². The molecule has 2 aromatic rings. The van der Waals surface area contributed by atoms with Gasteiger partial charge in [0, 0.05) is 25.2 Å². The molecule has 0 aliphatic carbocycles. The standard InChI is InChI=1S/C20H17FN4O/c21-19-7-6-18(10-17(19)11-22)25(14-23)13-15-8-9-24(12-15)20(26)16-4-2-1-3-5-16/h1-7,10,15H,8-9,12-13H2/t15-/m1/s1. The number of carbonyl (C=O) groups excluding carboxylic acids is 1. The zero-order valence-electron chi connectivity index (χ0n) is 14.1. The molecule has 0 unspecified atom stereocenters. The first kappa shape index (κ1) is 17.4. The van der Waals surface area contributed by atoms with Gasteiger partial charge in [0.05, 0.1) is 11.3 Å². The van der Waals surface area contributed by atoms with Gasteiger partial charge in [-0.3, -0.25) is 9.69 Å². The van der Waals surface area contributed by atoms with Crippen molar-refractivity contribution in [1.82, 2.24) is 4.90 Å². The quantitative estimate of drug-likeness (QED) is 0.629. The number of hydrogen-bond donors (Lipinski definition) is 0. The lowest BCUT2D eigenvalue weighted by atomic mass is 10.1. The van der Waals surface area contributed by atoms with E-state index in [0.29, 0.717) is 30.9 Å². The summed E-state index contributed by atoms with van der Waals surface area (Å²) in [6.07, 6.45) is 2.88. The Morgan fingerprint density at radius 3 is 2.69 bits per heavy atom. The number of anilines is 1. The fourth-order valence-corrected chi connectivity index (χ4v) is 3.16. The number of benzene rings is 2. The molecule has 0 aromatic heterocycles. The summed E-state index contributed by atoms with van der Waals surface area (Å²) in [4.78, 5) is 15.7. The molecule has 1 aliphatic rings. The van der Waals surface area contributed by atoms with E-state index in [1.807, 2.05) is 18.2 Å². The molecule has 130 valence electrons. The van der Waals surface area contributed by atoms with Crippen molar-refractivity contribution >= 4 is 11.6 Å². The highest BCUT2D eigenvalue weighted by Gasteiger charge is 2.28. The number of amides is 1. The van der Waals surface area contributed by atoms with Crippen LogP contribution < -0.4 is 4.90 Å². The zero-order chi connectivity index (χ0) is 18.5.